The van der Waals surface area contributed by atoms with E-state index in [-0.39, 0.29) is 11.7 Å². The van der Waals surface area contributed by atoms with Crippen molar-refractivity contribution in [3.8, 4) is 5.75 Å². The van der Waals surface area contributed by atoms with E-state index in [0.717, 1.165) is 50.0 Å². The normalized spacial score (nSPS) is 14.9. The van der Waals surface area contributed by atoms with Crippen LogP contribution in [0.15, 0.2) is 96.1 Å². The molecule has 182 valence electrons. The molecule has 0 radical (unpaired) electrons. The van der Waals surface area contributed by atoms with Crippen LogP contribution in [0.25, 0.3) is 10.8 Å². The second kappa shape index (κ2) is 11.2. The number of nitrogens with zero attached hydrogens (tertiary/aromatic N) is 3. The zero-order valence-corrected chi connectivity index (χ0v) is 20.2. The van der Waals surface area contributed by atoms with Crippen LogP contribution in [0, 0.1) is 0 Å². The number of hydrogen-bond acceptors (Lipinski definition) is 5. The average molecular weight is 479 g/mol. The van der Waals surface area contributed by atoms with E-state index >= 15 is 0 Å². The van der Waals surface area contributed by atoms with Crippen LogP contribution in [-0.2, 0) is 13.1 Å². The Hall–Kier alpha value is -4.00. The molecular weight excluding hydrogens is 448 g/mol. The highest BCUT2D eigenvalue weighted by molar-refractivity contribution is 6.03. The highest BCUT2D eigenvalue weighted by Gasteiger charge is 2.17. The van der Waals surface area contributed by atoms with Crippen LogP contribution in [0.4, 0.5) is 0 Å². The lowest BCUT2D eigenvalue weighted by molar-refractivity contribution is 0.0955. The third-order valence-electron chi connectivity index (χ3n) is 6.64. The number of piperazine rings is 1. The number of benzene rings is 4. The highest BCUT2D eigenvalue weighted by atomic mass is 16.3. The number of amides is 1. The maximum Gasteiger partial charge on any atom is 0.271 e. The molecule has 1 aliphatic rings. The maximum absolute atomic E-state index is 12.6. The van der Waals surface area contributed by atoms with Gasteiger partial charge in [-0.05, 0) is 40.1 Å². The molecule has 0 unspecified atom stereocenters. The summed E-state index contributed by atoms with van der Waals surface area (Å²) in [7, 11) is 0. The van der Waals surface area contributed by atoms with Gasteiger partial charge < -0.3 is 5.11 Å². The van der Waals surface area contributed by atoms with Crippen LogP contribution in [0.3, 0.4) is 0 Å². The van der Waals surface area contributed by atoms with Gasteiger partial charge in [-0.2, -0.15) is 5.10 Å². The van der Waals surface area contributed by atoms with Gasteiger partial charge in [0.05, 0.1) is 6.21 Å². The number of phenolic OH excluding ortho intramolecular Hbond substituents is 1. The van der Waals surface area contributed by atoms with Crippen LogP contribution < -0.4 is 5.43 Å². The first-order valence-electron chi connectivity index (χ1n) is 12.3. The minimum atomic E-state index is -0.285. The van der Waals surface area contributed by atoms with Crippen molar-refractivity contribution in [2.45, 2.75) is 13.1 Å². The molecule has 0 aromatic heterocycles. The highest BCUT2D eigenvalue weighted by Crippen LogP contribution is 2.25. The Morgan fingerprint density at radius 1 is 0.778 bits per heavy atom. The predicted octanol–water partition coefficient (Wildman–Crippen LogP) is 4.63. The van der Waals surface area contributed by atoms with Crippen LogP contribution in [-0.4, -0.2) is 53.2 Å². The van der Waals surface area contributed by atoms with Gasteiger partial charge in [-0.1, -0.05) is 72.8 Å². The molecule has 0 aliphatic carbocycles. The lowest BCUT2D eigenvalue weighted by Gasteiger charge is -2.34. The molecule has 1 heterocycles. The fraction of sp³-hybridized carbons (Fsp3) is 0.200. The zero-order chi connectivity index (χ0) is 24.7. The van der Waals surface area contributed by atoms with E-state index in [4.69, 9.17) is 0 Å². The third kappa shape index (κ3) is 5.79. The number of aromatic hydroxyl groups is 1. The van der Waals surface area contributed by atoms with Crippen molar-refractivity contribution in [3.05, 3.63) is 113 Å². The van der Waals surface area contributed by atoms with Crippen molar-refractivity contribution in [1.82, 2.24) is 15.2 Å². The summed E-state index contributed by atoms with van der Waals surface area (Å²) in [6, 6.07) is 29.5. The quantitative estimate of drug-likeness (QED) is 0.300. The van der Waals surface area contributed by atoms with E-state index in [0.29, 0.717) is 11.1 Å². The summed E-state index contributed by atoms with van der Waals surface area (Å²) in [4.78, 5) is 17.5. The minimum Gasteiger partial charge on any atom is -0.507 e. The first-order chi connectivity index (χ1) is 17.7. The smallest absolute Gasteiger partial charge is 0.271 e. The summed E-state index contributed by atoms with van der Waals surface area (Å²) in [6.07, 6.45) is 1.49. The zero-order valence-electron chi connectivity index (χ0n) is 20.2. The van der Waals surface area contributed by atoms with Crippen molar-refractivity contribution >= 4 is 22.9 Å². The van der Waals surface area contributed by atoms with Gasteiger partial charge >= 0.3 is 0 Å². The lowest BCUT2D eigenvalue weighted by Crippen LogP contribution is -2.45. The molecule has 6 heteroatoms. The van der Waals surface area contributed by atoms with Crippen molar-refractivity contribution in [2.75, 3.05) is 26.2 Å². The molecule has 2 N–H and O–H groups in total. The molecule has 4 aromatic carbocycles. The topological polar surface area (TPSA) is 68.2 Å². The van der Waals surface area contributed by atoms with Gasteiger partial charge in [0, 0.05) is 50.4 Å². The first-order valence-corrected chi connectivity index (χ1v) is 12.3. The van der Waals surface area contributed by atoms with E-state index < -0.39 is 0 Å². The minimum absolute atomic E-state index is 0.122. The van der Waals surface area contributed by atoms with Gasteiger partial charge in [-0.15, -0.1) is 0 Å². The Morgan fingerprint density at radius 2 is 1.39 bits per heavy atom. The summed E-state index contributed by atoms with van der Waals surface area (Å²) in [6.45, 7) is 6.05. The SMILES string of the molecule is O=C(N/N=C\c1c(O)ccc2ccccc12)c1ccc(CN2CCN(Cc3ccccc3)CC2)cc1. The number of phenols is 1. The van der Waals surface area contributed by atoms with E-state index in [1.165, 1.54) is 17.3 Å². The van der Waals surface area contributed by atoms with E-state index in [1.54, 1.807) is 6.07 Å². The van der Waals surface area contributed by atoms with Crippen LogP contribution in [0.1, 0.15) is 27.0 Å². The fourth-order valence-corrected chi connectivity index (χ4v) is 4.61. The second-order valence-electron chi connectivity index (χ2n) is 9.15. The third-order valence-corrected chi connectivity index (χ3v) is 6.64. The van der Waals surface area contributed by atoms with Crippen molar-refractivity contribution in [3.63, 3.8) is 0 Å². The standard InChI is InChI=1S/C30H30N4O2/c35-29-15-14-25-8-4-5-9-27(25)28(29)20-31-32-30(36)26-12-10-24(11-13-26)22-34-18-16-33(17-19-34)21-23-6-2-1-3-7-23/h1-15,20,35H,16-19,21-22H2,(H,32,36)/b31-20-. The van der Waals surface area contributed by atoms with Crippen molar-refractivity contribution in [2.24, 2.45) is 5.10 Å². The van der Waals surface area contributed by atoms with Gasteiger partial charge in [0.15, 0.2) is 0 Å². The number of hydrogen-bond donors (Lipinski definition) is 2. The van der Waals surface area contributed by atoms with Crippen LogP contribution >= 0.6 is 0 Å². The number of nitrogens with one attached hydrogen (secondary N) is 1. The number of hydrazone groups is 1. The number of carbonyl (C=O) groups excluding carboxylic acids is 1. The summed E-state index contributed by atoms with van der Waals surface area (Å²) in [5, 5.41) is 16.2. The van der Waals surface area contributed by atoms with Crippen molar-refractivity contribution in [1.29, 1.82) is 0 Å². The Labute approximate surface area is 211 Å². The number of fused-ring (bicyclic) bond motifs is 1. The second-order valence-corrected chi connectivity index (χ2v) is 9.15. The predicted molar refractivity (Wildman–Crippen MR) is 144 cm³/mol. The van der Waals surface area contributed by atoms with Gasteiger partial charge in [-0.25, -0.2) is 5.43 Å². The molecule has 4 aromatic rings. The molecule has 1 amide bonds. The van der Waals surface area contributed by atoms with E-state index in [9.17, 15) is 9.90 Å². The summed E-state index contributed by atoms with van der Waals surface area (Å²) in [5.41, 5.74) is 6.24. The number of carbonyl (C=O) groups is 1. The van der Waals surface area contributed by atoms with E-state index in [2.05, 4.69) is 50.7 Å². The monoisotopic (exact) mass is 478 g/mol. The van der Waals surface area contributed by atoms with Gasteiger partial charge in [0.2, 0.25) is 0 Å². The Bertz CT molecular complexity index is 1340. The molecule has 0 atom stereocenters. The molecule has 5 rings (SSSR count). The van der Waals surface area contributed by atoms with Crippen LogP contribution in [0.2, 0.25) is 0 Å². The lowest BCUT2D eigenvalue weighted by atomic mass is 10.0. The molecular formula is C30H30N4O2. The Balaban J connectivity index is 1.12. The number of rotatable bonds is 7. The molecule has 0 spiro atoms. The van der Waals surface area contributed by atoms with Crippen molar-refractivity contribution < 1.29 is 9.90 Å². The fourth-order valence-electron chi connectivity index (χ4n) is 4.61. The molecule has 1 fully saturated rings. The molecule has 0 saturated carbocycles. The molecule has 0 bridgehead atoms. The van der Waals surface area contributed by atoms with Gasteiger partial charge in [-0.3, -0.25) is 14.6 Å². The molecule has 36 heavy (non-hydrogen) atoms. The Kier molecular flexibility index (Phi) is 7.36. The largest absolute Gasteiger partial charge is 0.507 e. The summed E-state index contributed by atoms with van der Waals surface area (Å²) >= 11 is 0. The molecule has 6 nitrogen and oxygen atoms in total. The summed E-state index contributed by atoms with van der Waals surface area (Å²) in [5.74, 6) is -0.163. The molecule has 1 aliphatic heterocycles. The first kappa shape index (κ1) is 23.7. The summed E-state index contributed by atoms with van der Waals surface area (Å²) < 4.78 is 0. The van der Waals surface area contributed by atoms with Gasteiger partial charge in [0.25, 0.3) is 5.91 Å². The van der Waals surface area contributed by atoms with Gasteiger partial charge in [0.1, 0.15) is 5.75 Å². The average Bonchev–Trinajstić information content (AvgIpc) is 2.92. The van der Waals surface area contributed by atoms with Crippen LogP contribution in [0.5, 0.6) is 5.75 Å². The van der Waals surface area contributed by atoms with E-state index in [1.807, 2.05) is 54.6 Å². The Morgan fingerprint density at radius 3 is 2.08 bits per heavy atom. The maximum atomic E-state index is 12.6. The molecule has 1 saturated heterocycles.